The van der Waals surface area contributed by atoms with Gasteiger partial charge < -0.3 is 19.7 Å². The SMILES string of the molecule is Cc1ccc(CN(C)C(=O)N[C@H](c2ccc3c(c2)OCCO3)C(C)C)cc1. The molecule has 3 rings (SSSR count). The maximum Gasteiger partial charge on any atom is 0.317 e. The van der Waals surface area contributed by atoms with Crippen molar-refractivity contribution in [3.63, 3.8) is 0 Å². The van der Waals surface area contributed by atoms with E-state index in [-0.39, 0.29) is 18.0 Å². The molecule has 1 N–H and O–H groups in total. The van der Waals surface area contributed by atoms with E-state index >= 15 is 0 Å². The zero-order valence-corrected chi connectivity index (χ0v) is 16.5. The third-order valence-electron chi connectivity index (χ3n) is 4.76. The van der Waals surface area contributed by atoms with Crippen LogP contribution in [0.5, 0.6) is 11.5 Å². The van der Waals surface area contributed by atoms with Gasteiger partial charge in [-0.15, -0.1) is 0 Å². The van der Waals surface area contributed by atoms with Crippen molar-refractivity contribution in [1.82, 2.24) is 10.2 Å². The van der Waals surface area contributed by atoms with Crippen LogP contribution in [0.25, 0.3) is 0 Å². The fourth-order valence-corrected chi connectivity index (χ4v) is 3.17. The quantitative estimate of drug-likeness (QED) is 0.856. The highest BCUT2D eigenvalue weighted by Gasteiger charge is 2.22. The van der Waals surface area contributed by atoms with E-state index in [1.807, 2.05) is 25.2 Å². The molecule has 144 valence electrons. The molecule has 0 radical (unpaired) electrons. The van der Waals surface area contributed by atoms with Crippen molar-refractivity contribution < 1.29 is 14.3 Å². The van der Waals surface area contributed by atoms with E-state index in [1.54, 1.807) is 4.90 Å². The zero-order chi connectivity index (χ0) is 19.4. The second kappa shape index (κ2) is 8.33. The lowest BCUT2D eigenvalue weighted by Gasteiger charge is -2.28. The molecule has 0 saturated heterocycles. The number of hydrogen-bond donors (Lipinski definition) is 1. The van der Waals surface area contributed by atoms with Gasteiger partial charge in [0, 0.05) is 13.6 Å². The fraction of sp³-hybridized carbons (Fsp3) is 0.409. The molecule has 0 spiro atoms. The first-order valence-electron chi connectivity index (χ1n) is 9.41. The van der Waals surface area contributed by atoms with E-state index in [9.17, 15) is 4.79 Å². The number of nitrogens with zero attached hydrogens (tertiary/aromatic N) is 1. The van der Waals surface area contributed by atoms with Crippen molar-refractivity contribution in [1.29, 1.82) is 0 Å². The summed E-state index contributed by atoms with van der Waals surface area (Å²) in [5, 5.41) is 3.16. The molecule has 0 saturated carbocycles. The lowest BCUT2D eigenvalue weighted by Crippen LogP contribution is -2.40. The molecule has 1 heterocycles. The predicted molar refractivity (Wildman–Crippen MR) is 106 cm³/mol. The minimum Gasteiger partial charge on any atom is -0.486 e. The van der Waals surface area contributed by atoms with Crippen molar-refractivity contribution in [2.75, 3.05) is 20.3 Å². The molecular weight excluding hydrogens is 340 g/mol. The number of aryl methyl sites for hydroxylation is 1. The van der Waals surface area contributed by atoms with Gasteiger partial charge in [-0.25, -0.2) is 4.79 Å². The Labute approximate surface area is 161 Å². The van der Waals surface area contributed by atoms with E-state index in [2.05, 4.69) is 50.4 Å². The highest BCUT2D eigenvalue weighted by molar-refractivity contribution is 5.74. The molecule has 5 heteroatoms. The minimum atomic E-state index is -0.103. The number of benzene rings is 2. The minimum absolute atomic E-state index is 0.0934. The van der Waals surface area contributed by atoms with Crippen molar-refractivity contribution in [2.24, 2.45) is 5.92 Å². The average molecular weight is 368 g/mol. The lowest BCUT2D eigenvalue weighted by molar-refractivity contribution is 0.171. The van der Waals surface area contributed by atoms with Gasteiger partial charge in [0.15, 0.2) is 11.5 Å². The van der Waals surface area contributed by atoms with E-state index in [0.717, 1.165) is 22.6 Å². The smallest absolute Gasteiger partial charge is 0.317 e. The summed E-state index contributed by atoms with van der Waals surface area (Å²) in [6.07, 6.45) is 0. The molecule has 0 aliphatic carbocycles. The molecule has 0 fully saturated rings. The number of fused-ring (bicyclic) bond motifs is 1. The molecule has 1 atom stereocenters. The Morgan fingerprint density at radius 2 is 1.74 bits per heavy atom. The van der Waals surface area contributed by atoms with Gasteiger partial charge in [0.05, 0.1) is 6.04 Å². The number of amides is 2. The van der Waals surface area contributed by atoms with Crippen LogP contribution in [0.1, 0.15) is 36.6 Å². The fourth-order valence-electron chi connectivity index (χ4n) is 3.17. The third kappa shape index (κ3) is 4.73. The summed E-state index contributed by atoms with van der Waals surface area (Å²) in [5.74, 6) is 1.74. The second-order valence-corrected chi connectivity index (χ2v) is 7.42. The molecule has 1 aliphatic heterocycles. The highest BCUT2D eigenvalue weighted by Crippen LogP contribution is 2.34. The van der Waals surface area contributed by atoms with Crippen molar-refractivity contribution in [3.05, 3.63) is 59.2 Å². The van der Waals surface area contributed by atoms with Crippen LogP contribution in [0.3, 0.4) is 0 Å². The van der Waals surface area contributed by atoms with Gasteiger partial charge in [0.1, 0.15) is 13.2 Å². The first-order chi connectivity index (χ1) is 12.9. The Balaban J connectivity index is 1.70. The van der Waals surface area contributed by atoms with Gasteiger partial charge in [-0.2, -0.15) is 0 Å². The first-order valence-corrected chi connectivity index (χ1v) is 9.41. The summed E-state index contributed by atoms with van der Waals surface area (Å²) < 4.78 is 11.3. The van der Waals surface area contributed by atoms with Crippen LogP contribution in [0.2, 0.25) is 0 Å². The summed E-state index contributed by atoms with van der Waals surface area (Å²) in [6.45, 7) is 7.94. The lowest BCUT2D eigenvalue weighted by atomic mass is 9.95. The van der Waals surface area contributed by atoms with Crippen LogP contribution < -0.4 is 14.8 Å². The molecule has 0 bridgehead atoms. The van der Waals surface area contributed by atoms with Gasteiger partial charge in [0.25, 0.3) is 0 Å². The number of rotatable bonds is 5. The van der Waals surface area contributed by atoms with E-state index in [1.165, 1.54) is 5.56 Å². The number of urea groups is 1. The molecular formula is C22H28N2O3. The van der Waals surface area contributed by atoms with Crippen LogP contribution in [-0.4, -0.2) is 31.2 Å². The van der Waals surface area contributed by atoms with E-state index < -0.39 is 0 Å². The van der Waals surface area contributed by atoms with Crippen molar-refractivity contribution >= 4 is 6.03 Å². The molecule has 27 heavy (non-hydrogen) atoms. The Hall–Kier alpha value is -2.69. The monoisotopic (exact) mass is 368 g/mol. The highest BCUT2D eigenvalue weighted by atomic mass is 16.6. The van der Waals surface area contributed by atoms with Gasteiger partial charge in [-0.1, -0.05) is 49.7 Å². The summed E-state index contributed by atoms with van der Waals surface area (Å²) in [7, 11) is 1.82. The normalized spacial score (nSPS) is 14.0. The first kappa shape index (κ1) is 19.1. The summed E-state index contributed by atoms with van der Waals surface area (Å²) in [4.78, 5) is 14.5. The third-order valence-corrected chi connectivity index (χ3v) is 4.76. The molecule has 0 unspecified atom stereocenters. The Morgan fingerprint density at radius 3 is 2.41 bits per heavy atom. The molecule has 2 amide bonds. The van der Waals surface area contributed by atoms with Crippen LogP contribution in [0.15, 0.2) is 42.5 Å². The van der Waals surface area contributed by atoms with Gasteiger partial charge in [-0.3, -0.25) is 0 Å². The molecule has 1 aliphatic rings. The topological polar surface area (TPSA) is 50.8 Å². The Kier molecular flexibility index (Phi) is 5.89. The van der Waals surface area contributed by atoms with Gasteiger partial charge >= 0.3 is 6.03 Å². The van der Waals surface area contributed by atoms with E-state index in [0.29, 0.717) is 19.8 Å². The van der Waals surface area contributed by atoms with Crippen LogP contribution in [0, 0.1) is 12.8 Å². The van der Waals surface area contributed by atoms with Crippen molar-refractivity contribution in [2.45, 2.75) is 33.4 Å². The van der Waals surface area contributed by atoms with Crippen LogP contribution >= 0.6 is 0 Å². The van der Waals surface area contributed by atoms with Gasteiger partial charge in [0.2, 0.25) is 0 Å². The molecule has 5 nitrogen and oxygen atoms in total. The summed E-state index contributed by atoms with van der Waals surface area (Å²) in [6, 6.07) is 13.9. The molecule has 0 aromatic heterocycles. The summed E-state index contributed by atoms with van der Waals surface area (Å²) in [5.41, 5.74) is 3.34. The van der Waals surface area contributed by atoms with Crippen LogP contribution in [-0.2, 0) is 6.54 Å². The number of carbonyl (C=O) groups is 1. The maximum atomic E-state index is 12.8. The van der Waals surface area contributed by atoms with Crippen LogP contribution in [0.4, 0.5) is 4.79 Å². The molecule has 2 aromatic carbocycles. The largest absolute Gasteiger partial charge is 0.486 e. The summed E-state index contributed by atoms with van der Waals surface area (Å²) >= 11 is 0. The van der Waals surface area contributed by atoms with Gasteiger partial charge in [-0.05, 0) is 36.1 Å². The maximum absolute atomic E-state index is 12.8. The Bertz CT molecular complexity index is 787. The molecule has 2 aromatic rings. The number of carbonyl (C=O) groups excluding carboxylic acids is 1. The Morgan fingerprint density at radius 1 is 1.07 bits per heavy atom. The standard InChI is InChI=1S/C22H28N2O3/c1-15(2)21(18-9-10-19-20(13-18)27-12-11-26-19)23-22(25)24(4)14-17-7-5-16(3)6-8-17/h5-10,13,15,21H,11-12,14H2,1-4H3,(H,23,25)/t21-/m0/s1. The number of nitrogens with one attached hydrogen (secondary N) is 1. The zero-order valence-electron chi connectivity index (χ0n) is 16.5. The van der Waals surface area contributed by atoms with Crippen molar-refractivity contribution in [3.8, 4) is 11.5 Å². The van der Waals surface area contributed by atoms with E-state index in [4.69, 9.17) is 9.47 Å². The number of ether oxygens (including phenoxy) is 2. The predicted octanol–water partition coefficient (Wildman–Crippen LogP) is 4.30. The average Bonchev–Trinajstić information content (AvgIpc) is 2.67. The second-order valence-electron chi connectivity index (χ2n) is 7.42. The number of hydrogen-bond acceptors (Lipinski definition) is 3.